The van der Waals surface area contributed by atoms with Crippen LogP contribution in [0.4, 0.5) is 5.13 Å². The molecule has 1 atom stereocenters. The summed E-state index contributed by atoms with van der Waals surface area (Å²) >= 11 is 1.29. The summed E-state index contributed by atoms with van der Waals surface area (Å²) in [6.45, 7) is 10.0. The number of hydrogen-bond donors (Lipinski definition) is 2. The van der Waals surface area contributed by atoms with E-state index in [1.807, 2.05) is 43.3 Å². The molecule has 0 aliphatic carbocycles. The minimum Gasteiger partial charge on any atom is -0.341 e. The van der Waals surface area contributed by atoms with Crippen LogP contribution in [-0.2, 0) is 10.2 Å². The lowest BCUT2D eigenvalue weighted by Crippen LogP contribution is -2.41. The van der Waals surface area contributed by atoms with Gasteiger partial charge in [-0.3, -0.25) is 14.9 Å². The molecule has 0 fully saturated rings. The summed E-state index contributed by atoms with van der Waals surface area (Å²) in [6.07, 6.45) is 0. The average Bonchev–Trinajstić information content (AvgIpc) is 3.16. The van der Waals surface area contributed by atoms with E-state index < -0.39 is 6.04 Å². The lowest BCUT2D eigenvalue weighted by atomic mass is 9.86. The number of benzene rings is 2. The molecule has 0 spiro atoms. The first-order valence-electron chi connectivity index (χ1n) is 9.76. The molecule has 0 bridgehead atoms. The topological polar surface area (TPSA) is 84.0 Å². The first kappa shape index (κ1) is 21.6. The molecule has 1 heterocycles. The lowest BCUT2D eigenvalue weighted by molar-refractivity contribution is -0.117. The summed E-state index contributed by atoms with van der Waals surface area (Å²) in [6, 6.07) is 14.6. The highest BCUT2D eigenvalue weighted by atomic mass is 32.1. The number of carbonyl (C=O) groups excluding carboxylic acids is 2. The fraction of sp³-hybridized carbons (Fsp3) is 0.304. The summed E-state index contributed by atoms with van der Waals surface area (Å²) in [4.78, 5) is 24.9. The third kappa shape index (κ3) is 5.30. The molecule has 7 heteroatoms. The molecule has 30 heavy (non-hydrogen) atoms. The van der Waals surface area contributed by atoms with Crippen LogP contribution in [0, 0.1) is 6.92 Å². The van der Waals surface area contributed by atoms with Gasteiger partial charge in [0.15, 0.2) is 0 Å². The Morgan fingerprint density at radius 1 is 0.967 bits per heavy atom. The third-order valence-electron chi connectivity index (χ3n) is 4.71. The Balaban J connectivity index is 1.59. The van der Waals surface area contributed by atoms with Crippen LogP contribution < -0.4 is 10.6 Å². The van der Waals surface area contributed by atoms with E-state index in [0.717, 1.165) is 21.7 Å². The number of anilines is 1. The van der Waals surface area contributed by atoms with E-state index in [1.165, 1.54) is 11.3 Å². The quantitative estimate of drug-likeness (QED) is 0.631. The van der Waals surface area contributed by atoms with Crippen LogP contribution in [0.3, 0.4) is 0 Å². The van der Waals surface area contributed by atoms with E-state index in [4.69, 9.17) is 0 Å². The molecule has 0 saturated carbocycles. The summed E-state index contributed by atoms with van der Waals surface area (Å²) in [5, 5.41) is 14.7. The van der Waals surface area contributed by atoms with E-state index >= 15 is 0 Å². The molecule has 3 aromatic rings. The highest BCUT2D eigenvalue weighted by molar-refractivity contribution is 7.18. The van der Waals surface area contributed by atoms with Crippen molar-refractivity contribution in [1.29, 1.82) is 0 Å². The van der Waals surface area contributed by atoms with Gasteiger partial charge in [0.1, 0.15) is 11.0 Å². The largest absolute Gasteiger partial charge is 0.341 e. The fourth-order valence-electron chi connectivity index (χ4n) is 2.77. The van der Waals surface area contributed by atoms with Crippen LogP contribution in [0.1, 0.15) is 49.2 Å². The predicted octanol–water partition coefficient (Wildman–Crippen LogP) is 4.57. The predicted molar refractivity (Wildman–Crippen MR) is 121 cm³/mol. The van der Waals surface area contributed by atoms with Crippen LogP contribution in [0.25, 0.3) is 10.6 Å². The minimum absolute atomic E-state index is 0.0152. The number of aryl methyl sites for hydroxylation is 1. The van der Waals surface area contributed by atoms with Crippen molar-refractivity contribution in [2.45, 2.75) is 46.1 Å². The molecule has 3 rings (SSSR count). The van der Waals surface area contributed by atoms with Crippen molar-refractivity contribution in [3.8, 4) is 10.6 Å². The van der Waals surface area contributed by atoms with Crippen molar-refractivity contribution in [1.82, 2.24) is 15.5 Å². The van der Waals surface area contributed by atoms with Gasteiger partial charge in [0.05, 0.1) is 0 Å². The van der Waals surface area contributed by atoms with Crippen molar-refractivity contribution >= 4 is 28.3 Å². The van der Waals surface area contributed by atoms with Crippen molar-refractivity contribution in [3.05, 3.63) is 65.2 Å². The Bertz CT molecular complexity index is 1030. The van der Waals surface area contributed by atoms with E-state index in [1.54, 1.807) is 19.1 Å². The molecular weight excluding hydrogens is 396 g/mol. The van der Waals surface area contributed by atoms with Gasteiger partial charge in [-0.15, -0.1) is 10.2 Å². The van der Waals surface area contributed by atoms with Crippen LogP contribution in [0.5, 0.6) is 0 Å². The second kappa shape index (κ2) is 8.75. The van der Waals surface area contributed by atoms with E-state index in [2.05, 4.69) is 41.6 Å². The van der Waals surface area contributed by atoms with Gasteiger partial charge >= 0.3 is 0 Å². The molecule has 2 N–H and O–H groups in total. The Hall–Kier alpha value is -3.06. The molecule has 6 nitrogen and oxygen atoms in total. The van der Waals surface area contributed by atoms with Crippen molar-refractivity contribution in [3.63, 3.8) is 0 Å². The standard InChI is InChI=1S/C23H26N4O2S/c1-14-6-8-17(9-7-14)21-26-27-22(30-21)25-19(28)15(2)24-20(29)16-10-12-18(13-11-16)23(3,4)5/h6-13,15H,1-5H3,(H,24,29)(H,25,27,28). The van der Waals surface area contributed by atoms with E-state index in [-0.39, 0.29) is 17.2 Å². The fourth-order valence-corrected chi connectivity index (χ4v) is 3.52. The van der Waals surface area contributed by atoms with E-state index in [9.17, 15) is 9.59 Å². The maximum atomic E-state index is 12.5. The van der Waals surface area contributed by atoms with Gasteiger partial charge in [-0.05, 0) is 37.0 Å². The number of nitrogens with zero attached hydrogens (tertiary/aromatic N) is 2. The van der Waals surface area contributed by atoms with Gasteiger partial charge in [-0.1, -0.05) is 74.1 Å². The number of nitrogens with one attached hydrogen (secondary N) is 2. The average molecular weight is 423 g/mol. The molecule has 156 valence electrons. The highest BCUT2D eigenvalue weighted by Crippen LogP contribution is 2.26. The Morgan fingerprint density at radius 2 is 1.60 bits per heavy atom. The third-order valence-corrected chi connectivity index (χ3v) is 5.60. The highest BCUT2D eigenvalue weighted by Gasteiger charge is 2.19. The molecule has 0 aliphatic heterocycles. The molecule has 2 amide bonds. The van der Waals surface area contributed by atoms with Crippen LogP contribution >= 0.6 is 11.3 Å². The molecule has 1 aromatic heterocycles. The second-order valence-corrected chi connectivity index (χ2v) is 9.27. The summed E-state index contributed by atoms with van der Waals surface area (Å²) in [7, 11) is 0. The normalized spacial score (nSPS) is 12.3. The zero-order chi connectivity index (χ0) is 21.9. The maximum Gasteiger partial charge on any atom is 0.251 e. The van der Waals surface area contributed by atoms with Gasteiger partial charge in [-0.25, -0.2) is 0 Å². The second-order valence-electron chi connectivity index (χ2n) is 8.29. The van der Waals surface area contributed by atoms with Gasteiger partial charge in [0.2, 0.25) is 11.0 Å². The molecule has 1 unspecified atom stereocenters. The molecule has 0 saturated heterocycles. The van der Waals surface area contributed by atoms with Gasteiger partial charge in [0.25, 0.3) is 5.91 Å². The van der Waals surface area contributed by atoms with Crippen LogP contribution in [-0.4, -0.2) is 28.1 Å². The maximum absolute atomic E-state index is 12.5. The van der Waals surface area contributed by atoms with Crippen molar-refractivity contribution < 1.29 is 9.59 Å². The lowest BCUT2D eigenvalue weighted by Gasteiger charge is -2.19. The van der Waals surface area contributed by atoms with E-state index in [0.29, 0.717) is 10.7 Å². The number of amides is 2. The van der Waals surface area contributed by atoms with Gasteiger partial charge in [0, 0.05) is 11.1 Å². The first-order chi connectivity index (χ1) is 14.1. The molecule has 2 aromatic carbocycles. The van der Waals surface area contributed by atoms with Crippen molar-refractivity contribution in [2.24, 2.45) is 0 Å². The Kier molecular flexibility index (Phi) is 6.31. The number of hydrogen-bond acceptors (Lipinski definition) is 5. The smallest absolute Gasteiger partial charge is 0.251 e. The number of aromatic nitrogens is 2. The molecule has 0 radical (unpaired) electrons. The van der Waals surface area contributed by atoms with Crippen LogP contribution in [0.15, 0.2) is 48.5 Å². The van der Waals surface area contributed by atoms with Crippen LogP contribution in [0.2, 0.25) is 0 Å². The summed E-state index contributed by atoms with van der Waals surface area (Å²) < 4.78 is 0. The zero-order valence-corrected chi connectivity index (χ0v) is 18.6. The Morgan fingerprint density at radius 3 is 2.20 bits per heavy atom. The first-order valence-corrected chi connectivity index (χ1v) is 10.6. The number of rotatable bonds is 5. The monoisotopic (exact) mass is 422 g/mol. The zero-order valence-electron chi connectivity index (χ0n) is 17.8. The summed E-state index contributed by atoms with van der Waals surface area (Å²) in [5.74, 6) is -0.642. The Labute approximate surface area is 180 Å². The van der Waals surface area contributed by atoms with Crippen molar-refractivity contribution in [2.75, 3.05) is 5.32 Å². The SMILES string of the molecule is Cc1ccc(-c2nnc(NC(=O)C(C)NC(=O)c3ccc(C(C)(C)C)cc3)s2)cc1. The molecule has 0 aliphatic rings. The van der Waals surface area contributed by atoms with Gasteiger partial charge in [-0.2, -0.15) is 0 Å². The van der Waals surface area contributed by atoms with Gasteiger partial charge < -0.3 is 5.32 Å². The minimum atomic E-state index is -0.716. The molecular formula is C23H26N4O2S. The summed E-state index contributed by atoms with van der Waals surface area (Å²) in [5.41, 5.74) is 3.78. The number of carbonyl (C=O) groups is 2.